The molecule has 108 valence electrons. The lowest BCUT2D eigenvalue weighted by molar-refractivity contribution is 0.295. The van der Waals surface area contributed by atoms with Crippen molar-refractivity contribution in [3.05, 3.63) is 11.6 Å². The third-order valence-corrected chi connectivity index (χ3v) is 4.22. The van der Waals surface area contributed by atoms with Gasteiger partial charge in [-0.2, -0.15) is 0 Å². The molecular formula is C17H34O. The standard InChI is InChI=1S/C17H34O/c1-6-17(4,5)13-8-11-15(2)9-7-10-16(3)12-14-18/h12,15,18H,6-11,13-14H2,1-5H3. The average Bonchev–Trinajstić information content (AvgIpc) is 2.29. The van der Waals surface area contributed by atoms with Crippen molar-refractivity contribution >= 4 is 0 Å². The van der Waals surface area contributed by atoms with Crippen LogP contribution >= 0.6 is 0 Å². The summed E-state index contributed by atoms with van der Waals surface area (Å²) in [6.45, 7) is 11.7. The van der Waals surface area contributed by atoms with Crippen LogP contribution < -0.4 is 0 Å². The van der Waals surface area contributed by atoms with E-state index in [0.29, 0.717) is 5.41 Å². The first-order valence-electron chi connectivity index (χ1n) is 7.67. The molecule has 1 unspecified atom stereocenters. The van der Waals surface area contributed by atoms with Gasteiger partial charge in [0, 0.05) is 0 Å². The molecule has 0 bridgehead atoms. The second-order valence-corrected chi connectivity index (χ2v) is 6.64. The topological polar surface area (TPSA) is 20.2 Å². The Labute approximate surface area is 115 Å². The first kappa shape index (κ1) is 17.7. The van der Waals surface area contributed by atoms with Crippen LogP contribution in [0.5, 0.6) is 0 Å². The lowest BCUT2D eigenvalue weighted by atomic mass is 9.83. The Hall–Kier alpha value is -0.300. The highest BCUT2D eigenvalue weighted by atomic mass is 16.2. The SMILES string of the molecule is CCC(C)(C)CCCC(C)CCCC(C)=CCO. The summed E-state index contributed by atoms with van der Waals surface area (Å²) < 4.78 is 0. The minimum Gasteiger partial charge on any atom is -0.392 e. The van der Waals surface area contributed by atoms with E-state index in [4.69, 9.17) is 5.11 Å². The molecule has 0 saturated heterocycles. The summed E-state index contributed by atoms with van der Waals surface area (Å²) in [4.78, 5) is 0. The van der Waals surface area contributed by atoms with Crippen LogP contribution in [0.25, 0.3) is 0 Å². The summed E-state index contributed by atoms with van der Waals surface area (Å²) in [6, 6.07) is 0. The van der Waals surface area contributed by atoms with Gasteiger partial charge in [-0.3, -0.25) is 0 Å². The molecule has 0 aliphatic rings. The first-order chi connectivity index (χ1) is 8.41. The third-order valence-electron chi connectivity index (χ3n) is 4.22. The Bertz CT molecular complexity index is 228. The van der Waals surface area contributed by atoms with E-state index in [1.807, 2.05) is 6.08 Å². The lowest BCUT2D eigenvalue weighted by Crippen LogP contribution is -2.09. The zero-order chi connectivity index (χ0) is 14.0. The molecule has 1 N–H and O–H groups in total. The first-order valence-corrected chi connectivity index (χ1v) is 7.67. The van der Waals surface area contributed by atoms with Gasteiger partial charge in [-0.1, -0.05) is 65.0 Å². The molecule has 0 radical (unpaired) electrons. The van der Waals surface area contributed by atoms with E-state index in [1.54, 1.807) is 0 Å². The van der Waals surface area contributed by atoms with Crippen LogP contribution in [0.15, 0.2) is 11.6 Å². The highest BCUT2D eigenvalue weighted by Crippen LogP contribution is 2.28. The molecule has 0 amide bonds. The molecule has 0 aliphatic heterocycles. The molecule has 1 heteroatoms. The summed E-state index contributed by atoms with van der Waals surface area (Å²) in [7, 11) is 0. The van der Waals surface area contributed by atoms with Gasteiger partial charge in [0.25, 0.3) is 0 Å². The summed E-state index contributed by atoms with van der Waals surface area (Å²) in [5.74, 6) is 0.847. The molecule has 0 saturated carbocycles. The van der Waals surface area contributed by atoms with Crippen LogP contribution in [0.4, 0.5) is 0 Å². The zero-order valence-corrected chi connectivity index (χ0v) is 13.3. The van der Waals surface area contributed by atoms with Gasteiger partial charge >= 0.3 is 0 Å². The maximum Gasteiger partial charge on any atom is 0.0614 e. The minimum absolute atomic E-state index is 0.188. The molecule has 0 spiro atoms. The Kier molecular flexibility index (Phi) is 9.45. The second-order valence-electron chi connectivity index (χ2n) is 6.64. The monoisotopic (exact) mass is 254 g/mol. The van der Waals surface area contributed by atoms with Crippen LogP contribution in [-0.2, 0) is 0 Å². The molecular weight excluding hydrogens is 220 g/mol. The Morgan fingerprint density at radius 3 is 2.39 bits per heavy atom. The van der Waals surface area contributed by atoms with Crippen LogP contribution in [0.2, 0.25) is 0 Å². The summed E-state index contributed by atoms with van der Waals surface area (Å²) in [5, 5.41) is 8.78. The fourth-order valence-electron chi connectivity index (χ4n) is 2.24. The maximum atomic E-state index is 8.78. The Morgan fingerprint density at radius 1 is 1.22 bits per heavy atom. The van der Waals surface area contributed by atoms with E-state index in [1.165, 1.54) is 44.1 Å². The molecule has 0 aromatic carbocycles. The van der Waals surface area contributed by atoms with Crippen LogP contribution in [0, 0.1) is 11.3 Å². The quantitative estimate of drug-likeness (QED) is 0.522. The third kappa shape index (κ3) is 9.70. The van der Waals surface area contributed by atoms with E-state index in [9.17, 15) is 0 Å². The van der Waals surface area contributed by atoms with Gasteiger partial charge in [0.1, 0.15) is 0 Å². The van der Waals surface area contributed by atoms with Crippen molar-refractivity contribution in [1.29, 1.82) is 0 Å². The van der Waals surface area contributed by atoms with Crippen molar-refractivity contribution in [1.82, 2.24) is 0 Å². The van der Waals surface area contributed by atoms with E-state index in [0.717, 1.165) is 12.3 Å². The average molecular weight is 254 g/mol. The summed E-state index contributed by atoms with van der Waals surface area (Å²) >= 11 is 0. The van der Waals surface area contributed by atoms with Crippen LogP contribution in [-0.4, -0.2) is 11.7 Å². The molecule has 0 heterocycles. The summed E-state index contributed by atoms with van der Waals surface area (Å²) in [6.07, 6.45) is 11.0. The van der Waals surface area contributed by atoms with Gasteiger partial charge in [0.15, 0.2) is 0 Å². The Balaban J connectivity index is 3.60. The molecule has 18 heavy (non-hydrogen) atoms. The van der Waals surface area contributed by atoms with Crippen molar-refractivity contribution in [3.8, 4) is 0 Å². The maximum absolute atomic E-state index is 8.78. The Morgan fingerprint density at radius 2 is 1.83 bits per heavy atom. The summed E-state index contributed by atoms with van der Waals surface area (Å²) in [5.41, 5.74) is 1.86. The van der Waals surface area contributed by atoms with Gasteiger partial charge in [-0.15, -0.1) is 0 Å². The van der Waals surface area contributed by atoms with E-state index in [-0.39, 0.29) is 6.61 Å². The van der Waals surface area contributed by atoms with Gasteiger partial charge < -0.3 is 5.11 Å². The number of hydrogen-bond donors (Lipinski definition) is 1. The minimum atomic E-state index is 0.188. The van der Waals surface area contributed by atoms with Crippen molar-refractivity contribution in [2.24, 2.45) is 11.3 Å². The van der Waals surface area contributed by atoms with Gasteiger partial charge in [0.2, 0.25) is 0 Å². The fraction of sp³-hybridized carbons (Fsp3) is 0.882. The highest BCUT2D eigenvalue weighted by Gasteiger charge is 2.14. The number of aliphatic hydroxyl groups is 1. The van der Waals surface area contributed by atoms with Gasteiger partial charge in [-0.05, 0) is 37.5 Å². The van der Waals surface area contributed by atoms with E-state index in [2.05, 4.69) is 34.6 Å². The van der Waals surface area contributed by atoms with Crippen molar-refractivity contribution in [3.63, 3.8) is 0 Å². The molecule has 0 rings (SSSR count). The normalized spacial score (nSPS) is 14.9. The zero-order valence-electron chi connectivity index (χ0n) is 13.3. The van der Waals surface area contributed by atoms with Gasteiger partial charge in [0.05, 0.1) is 6.61 Å². The predicted molar refractivity (Wildman–Crippen MR) is 81.8 cm³/mol. The molecule has 0 fully saturated rings. The molecule has 1 nitrogen and oxygen atoms in total. The largest absolute Gasteiger partial charge is 0.392 e. The van der Waals surface area contributed by atoms with Gasteiger partial charge in [-0.25, -0.2) is 0 Å². The second kappa shape index (κ2) is 9.61. The number of rotatable bonds is 10. The smallest absolute Gasteiger partial charge is 0.0614 e. The van der Waals surface area contributed by atoms with Crippen molar-refractivity contribution in [2.45, 2.75) is 79.6 Å². The molecule has 1 atom stereocenters. The van der Waals surface area contributed by atoms with Crippen molar-refractivity contribution < 1.29 is 5.11 Å². The molecule has 0 aliphatic carbocycles. The molecule has 0 aromatic heterocycles. The lowest BCUT2D eigenvalue weighted by Gasteiger charge is -2.23. The fourth-order valence-corrected chi connectivity index (χ4v) is 2.24. The molecule has 0 aromatic rings. The predicted octanol–water partition coefficient (Wildman–Crippen LogP) is 5.34. The van der Waals surface area contributed by atoms with E-state index >= 15 is 0 Å². The number of allylic oxidation sites excluding steroid dienone is 1. The number of hydrogen-bond acceptors (Lipinski definition) is 1. The van der Waals surface area contributed by atoms with Crippen LogP contribution in [0.3, 0.4) is 0 Å². The van der Waals surface area contributed by atoms with E-state index < -0.39 is 0 Å². The van der Waals surface area contributed by atoms with Crippen molar-refractivity contribution in [2.75, 3.05) is 6.61 Å². The number of aliphatic hydroxyl groups excluding tert-OH is 1. The van der Waals surface area contributed by atoms with Crippen LogP contribution in [0.1, 0.15) is 79.6 Å². The highest BCUT2D eigenvalue weighted by molar-refractivity contribution is 4.97.